The summed E-state index contributed by atoms with van der Waals surface area (Å²) in [5.74, 6) is -0.0650. The number of imidazole rings is 1. The molecule has 142 valence electrons. The van der Waals surface area contributed by atoms with E-state index >= 15 is 0 Å². The molecule has 6 nitrogen and oxygen atoms in total. The first-order valence-electron chi connectivity index (χ1n) is 8.83. The molecular weight excluding hydrogens is 384 g/mol. The van der Waals surface area contributed by atoms with Gasteiger partial charge in [-0.05, 0) is 54.6 Å². The molecule has 1 amide bonds. The molecule has 0 saturated heterocycles. The van der Waals surface area contributed by atoms with Gasteiger partial charge in [-0.15, -0.1) is 0 Å². The Bertz CT molecular complexity index is 1230. The number of fused-ring (bicyclic) bond motifs is 1. The third-order valence-electron chi connectivity index (χ3n) is 4.21. The van der Waals surface area contributed by atoms with Crippen molar-refractivity contribution in [3.05, 3.63) is 77.6 Å². The van der Waals surface area contributed by atoms with Gasteiger partial charge in [-0.2, -0.15) is 5.26 Å². The summed E-state index contributed by atoms with van der Waals surface area (Å²) in [4.78, 5) is 20.1. The number of aryl methyl sites for hydroxylation is 1. The Hall–Kier alpha value is -3.76. The maximum absolute atomic E-state index is 12.4. The fraction of sp³-hybridized carbons (Fsp3) is 0.0455. The van der Waals surface area contributed by atoms with Crippen molar-refractivity contribution < 1.29 is 9.21 Å². The van der Waals surface area contributed by atoms with Gasteiger partial charge in [0.05, 0.1) is 11.0 Å². The number of hydrogen-bond acceptors (Lipinski definition) is 5. The third-order valence-corrected chi connectivity index (χ3v) is 5.02. The van der Waals surface area contributed by atoms with Crippen LogP contribution in [-0.4, -0.2) is 15.9 Å². The molecule has 0 atom stereocenters. The van der Waals surface area contributed by atoms with Crippen LogP contribution in [0.2, 0.25) is 0 Å². The number of benzene rings is 2. The van der Waals surface area contributed by atoms with Gasteiger partial charge in [0.25, 0.3) is 5.91 Å². The number of anilines is 1. The molecule has 0 fully saturated rings. The van der Waals surface area contributed by atoms with Crippen LogP contribution in [0.25, 0.3) is 17.1 Å². The number of amides is 1. The molecule has 0 aliphatic carbocycles. The summed E-state index contributed by atoms with van der Waals surface area (Å²) < 4.78 is 5.74. The van der Waals surface area contributed by atoms with E-state index in [0.717, 1.165) is 16.6 Å². The van der Waals surface area contributed by atoms with Gasteiger partial charge in [0.2, 0.25) is 0 Å². The van der Waals surface area contributed by atoms with Crippen LogP contribution in [0.5, 0.6) is 0 Å². The van der Waals surface area contributed by atoms with E-state index in [0.29, 0.717) is 21.7 Å². The molecule has 0 unspecified atom stereocenters. The number of nitriles is 1. The van der Waals surface area contributed by atoms with Crippen molar-refractivity contribution in [2.75, 3.05) is 5.32 Å². The van der Waals surface area contributed by atoms with Gasteiger partial charge in [0.1, 0.15) is 17.4 Å². The van der Waals surface area contributed by atoms with Crippen molar-refractivity contribution in [2.24, 2.45) is 0 Å². The van der Waals surface area contributed by atoms with Crippen LogP contribution in [0.3, 0.4) is 0 Å². The Morgan fingerprint density at radius 1 is 1.17 bits per heavy atom. The zero-order valence-electron chi connectivity index (χ0n) is 15.5. The fourth-order valence-corrected chi connectivity index (χ4v) is 3.50. The van der Waals surface area contributed by atoms with Gasteiger partial charge in [-0.3, -0.25) is 4.79 Å². The molecule has 0 saturated carbocycles. The number of rotatable bonds is 5. The number of nitrogens with one attached hydrogen (secondary N) is 2. The number of H-pyrrole nitrogens is 1. The molecule has 4 aromatic rings. The van der Waals surface area contributed by atoms with Crippen molar-refractivity contribution in [1.82, 2.24) is 9.97 Å². The van der Waals surface area contributed by atoms with Gasteiger partial charge in [0.15, 0.2) is 10.2 Å². The summed E-state index contributed by atoms with van der Waals surface area (Å²) in [5, 5.41) is 13.4. The second-order valence-corrected chi connectivity index (χ2v) is 7.25. The minimum atomic E-state index is -0.482. The summed E-state index contributed by atoms with van der Waals surface area (Å²) in [6.45, 7) is 1.89. The summed E-state index contributed by atoms with van der Waals surface area (Å²) in [5.41, 5.74) is 3.37. The van der Waals surface area contributed by atoms with Crippen LogP contribution < -0.4 is 5.32 Å². The first-order valence-corrected chi connectivity index (χ1v) is 9.65. The van der Waals surface area contributed by atoms with E-state index in [1.165, 1.54) is 17.8 Å². The normalized spacial score (nSPS) is 11.4. The summed E-state index contributed by atoms with van der Waals surface area (Å²) in [7, 11) is 0. The van der Waals surface area contributed by atoms with Gasteiger partial charge < -0.3 is 14.7 Å². The molecular formula is C22H16N4O2S. The highest BCUT2D eigenvalue weighted by Crippen LogP contribution is 2.29. The fourth-order valence-electron chi connectivity index (χ4n) is 2.73. The van der Waals surface area contributed by atoms with Crippen molar-refractivity contribution in [3.8, 4) is 6.07 Å². The second kappa shape index (κ2) is 8.09. The van der Waals surface area contributed by atoms with Gasteiger partial charge >= 0.3 is 0 Å². The molecule has 2 aromatic heterocycles. The quantitative estimate of drug-likeness (QED) is 0.356. The Morgan fingerprint density at radius 2 is 1.97 bits per heavy atom. The van der Waals surface area contributed by atoms with Crippen LogP contribution in [0.15, 0.2) is 80.9 Å². The number of nitrogens with zero attached hydrogens (tertiary/aromatic N) is 2. The summed E-state index contributed by atoms with van der Waals surface area (Å²) in [6, 6.07) is 20.6. The number of furan rings is 1. The predicted octanol–water partition coefficient (Wildman–Crippen LogP) is 5.16. The molecule has 0 bridgehead atoms. The Balaban J connectivity index is 1.50. The SMILES string of the molecule is Cc1ccccc1NC(=O)/C(C#N)=C\c1ccc(Sc2nc3ccccc3[nH]2)o1. The van der Waals surface area contributed by atoms with E-state index < -0.39 is 5.91 Å². The molecule has 2 heterocycles. The van der Waals surface area contributed by atoms with E-state index in [1.807, 2.05) is 55.5 Å². The monoisotopic (exact) mass is 400 g/mol. The number of carbonyl (C=O) groups excluding carboxylic acids is 1. The van der Waals surface area contributed by atoms with Crippen molar-refractivity contribution >= 4 is 40.5 Å². The smallest absolute Gasteiger partial charge is 0.266 e. The summed E-state index contributed by atoms with van der Waals surface area (Å²) in [6.07, 6.45) is 1.43. The molecule has 0 radical (unpaired) electrons. The van der Waals surface area contributed by atoms with E-state index in [4.69, 9.17) is 4.42 Å². The standard InChI is InChI=1S/C22H16N4O2S/c1-14-6-2-3-7-17(14)24-21(27)15(13-23)12-16-10-11-20(28-16)29-22-25-18-8-4-5-9-19(18)26-22/h2-12H,1H3,(H,24,27)(H,25,26)/b15-12-. The topological polar surface area (TPSA) is 94.7 Å². The van der Waals surface area contributed by atoms with Crippen LogP contribution in [0, 0.1) is 18.3 Å². The molecule has 29 heavy (non-hydrogen) atoms. The lowest BCUT2D eigenvalue weighted by molar-refractivity contribution is -0.112. The summed E-state index contributed by atoms with van der Waals surface area (Å²) >= 11 is 1.34. The highest BCUT2D eigenvalue weighted by atomic mass is 32.2. The van der Waals surface area contributed by atoms with Gasteiger partial charge in [-0.25, -0.2) is 4.98 Å². The molecule has 0 spiro atoms. The minimum Gasteiger partial charge on any atom is -0.450 e. The van der Waals surface area contributed by atoms with Crippen LogP contribution >= 0.6 is 11.8 Å². The van der Waals surface area contributed by atoms with E-state index in [2.05, 4.69) is 15.3 Å². The molecule has 0 aliphatic heterocycles. The average molecular weight is 400 g/mol. The lowest BCUT2D eigenvalue weighted by atomic mass is 10.2. The third kappa shape index (κ3) is 4.23. The molecule has 2 aromatic carbocycles. The molecule has 4 rings (SSSR count). The van der Waals surface area contributed by atoms with E-state index in [1.54, 1.807) is 18.2 Å². The predicted molar refractivity (Wildman–Crippen MR) is 112 cm³/mol. The molecule has 2 N–H and O–H groups in total. The largest absolute Gasteiger partial charge is 0.450 e. The Labute approximate surface area is 171 Å². The van der Waals surface area contributed by atoms with Crippen molar-refractivity contribution in [3.63, 3.8) is 0 Å². The number of aromatic nitrogens is 2. The van der Waals surface area contributed by atoms with Gasteiger partial charge in [-0.1, -0.05) is 30.3 Å². The van der Waals surface area contributed by atoms with Crippen LogP contribution in [0.1, 0.15) is 11.3 Å². The molecule has 7 heteroatoms. The van der Waals surface area contributed by atoms with Crippen molar-refractivity contribution in [2.45, 2.75) is 17.2 Å². The number of para-hydroxylation sites is 3. The minimum absolute atomic E-state index is 0.0390. The maximum atomic E-state index is 12.4. The zero-order valence-corrected chi connectivity index (χ0v) is 16.3. The van der Waals surface area contributed by atoms with Gasteiger partial charge in [0, 0.05) is 11.8 Å². The Morgan fingerprint density at radius 3 is 2.76 bits per heavy atom. The first kappa shape index (κ1) is 18.6. The van der Waals surface area contributed by atoms with Crippen LogP contribution in [-0.2, 0) is 4.79 Å². The number of aromatic amines is 1. The van der Waals surface area contributed by atoms with Crippen LogP contribution in [0.4, 0.5) is 5.69 Å². The second-order valence-electron chi connectivity index (χ2n) is 6.26. The van der Waals surface area contributed by atoms with E-state index in [9.17, 15) is 10.1 Å². The molecule has 0 aliphatic rings. The van der Waals surface area contributed by atoms with Crippen molar-refractivity contribution in [1.29, 1.82) is 5.26 Å². The number of carbonyl (C=O) groups is 1. The lowest BCUT2D eigenvalue weighted by Crippen LogP contribution is -2.14. The van der Waals surface area contributed by atoms with E-state index in [-0.39, 0.29) is 5.57 Å². The lowest BCUT2D eigenvalue weighted by Gasteiger charge is -2.06. The maximum Gasteiger partial charge on any atom is 0.266 e. The average Bonchev–Trinajstić information content (AvgIpc) is 3.34. The first-order chi connectivity index (χ1) is 14.1. The Kier molecular flexibility index (Phi) is 5.18. The zero-order chi connectivity index (χ0) is 20.2. The highest BCUT2D eigenvalue weighted by molar-refractivity contribution is 7.99. The number of hydrogen-bond donors (Lipinski definition) is 2. The highest BCUT2D eigenvalue weighted by Gasteiger charge is 2.13.